The number of amides is 1. The maximum atomic E-state index is 12.7. The number of piperidine rings is 1. The highest BCUT2D eigenvalue weighted by Crippen LogP contribution is 2.37. The van der Waals surface area contributed by atoms with Crippen molar-refractivity contribution >= 4 is 34.0 Å². The molecule has 1 atom stereocenters. The lowest BCUT2D eigenvalue weighted by Gasteiger charge is -2.31. The van der Waals surface area contributed by atoms with Crippen molar-refractivity contribution in [2.75, 3.05) is 38.3 Å². The molecule has 142 valence electrons. The Bertz CT molecular complexity index is 726. The van der Waals surface area contributed by atoms with Gasteiger partial charge in [-0.2, -0.15) is 0 Å². The minimum atomic E-state index is -3.54. The molecule has 3 N–H and O–H groups in total. The molecule has 2 rings (SSSR count). The number of halogens is 1. The van der Waals surface area contributed by atoms with E-state index in [2.05, 4.69) is 4.72 Å². The fourth-order valence-corrected chi connectivity index (χ4v) is 3.29. The summed E-state index contributed by atoms with van der Waals surface area (Å²) < 4.78 is 36.0. The van der Waals surface area contributed by atoms with Crippen LogP contribution in [0.1, 0.15) is 23.2 Å². The Morgan fingerprint density at radius 2 is 2.00 bits per heavy atom. The molecule has 0 aromatic heterocycles. The van der Waals surface area contributed by atoms with Crippen LogP contribution in [0.2, 0.25) is 0 Å². The number of likely N-dealkylation sites (tertiary alicyclic amines) is 1. The highest BCUT2D eigenvalue weighted by molar-refractivity contribution is 7.92. The quantitative estimate of drug-likeness (QED) is 0.773. The second-order valence-corrected chi connectivity index (χ2v) is 7.54. The number of anilines is 1. The smallest absolute Gasteiger partial charge is 0.254 e. The number of nitrogens with two attached hydrogens (primary N) is 1. The molecular weight excluding hydrogens is 370 g/mol. The van der Waals surface area contributed by atoms with Gasteiger partial charge in [-0.1, -0.05) is 0 Å². The molecule has 1 saturated heterocycles. The van der Waals surface area contributed by atoms with Gasteiger partial charge in [0.25, 0.3) is 5.91 Å². The SMILES string of the molecule is COc1cc(C(=O)N2CCCC(N)C2)cc(NS(C)(=O)=O)c1OC.Cl. The van der Waals surface area contributed by atoms with Crippen LogP contribution in [-0.4, -0.2) is 58.8 Å². The van der Waals surface area contributed by atoms with Crippen LogP contribution in [0.5, 0.6) is 11.5 Å². The van der Waals surface area contributed by atoms with Gasteiger partial charge >= 0.3 is 0 Å². The summed E-state index contributed by atoms with van der Waals surface area (Å²) >= 11 is 0. The number of methoxy groups -OCH3 is 2. The van der Waals surface area contributed by atoms with E-state index in [4.69, 9.17) is 15.2 Å². The average molecular weight is 394 g/mol. The third-order valence-corrected chi connectivity index (χ3v) is 4.36. The standard InChI is InChI=1S/C15H23N3O5S.ClH/c1-22-13-8-10(15(19)18-6-4-5-11(16)9-18)7-12(14(13)23-2)17-24(3,20)21;/h7-8,11,17H,4-6,9,16H2,1-3H3;1H. The van der Waals surface area contributed by atoms with Crippen LogP contribution in [0.25, 0.3) is 0 Å². The molecule has 8 nitrogen and oxygen atoms in total. The van der Waals surface area contributed by atoms with E-state index in [1.54, 1.807) is 4.90 Å². The molecule has 1 heterocycles. The lowest BCUT2D eigenvalue weighted by molar-refractivity contribution is 0.0708. The molecular formula is C15H24ClN3O5S. The zero-order chi connectivity index (χ0) is 17.9. The number of rotatable bonds is 5. The molecule has 0 spiro atoms. The summed E-state index contributed by atoms with van der Waals surface area (Å²) in [5.41, 5.74) is 6.39. The summed E-state index contributed by atoms with van der Waals surface area (Å²) in [6.07, 6.45) is 2.75. The number of hydrogen-bond acceptors (Lipinski definition) is 6. The summed E-state index contributed by atoms with van der Waals surface area (Å²) in [5.74, 6) is 0.272. The monoisotopic (exact) mass is 393 g/mol. The topological polar surface area (TPSA) is 111 Å². The van der Waals surface area contributed by atoms with Crippen molar-refractivity contribution in [2.45, 2.75) is 18.9 Å². The van der Waals surface area contributed by atoms with Crippen molar-refractivity contribution in [3.8, 4) is 11.5 Å². The van der Waals surface area contributed by atoms with Gasteiger partial charge in [0.05, 0.1) is 26.2 Å². The predicted octanol–water partition coefficient (Wildman–Crippen LogP) is 1.06. The van der Waals surface area contributed by atoms with Gasteiger partial charge < -0.3 is 20.1 Å². The first-order chi connectivity index (χ1) is 11.2. The van der Waals surface area contributed by atoms with E-state index in [1.807, 2.05) is 0 Å². The first-order valence-corrected chi connectivity index (χ1v) is 9.43. The Balaban J connectivity index is 0.00000312. The van der Waals surface area contributed by atoms with Crippen molar-refractivity contribution in [1.82, 2.24) is 4.90 Å². The van der Waals surface area contributed by atoms with Gasteiger partial charge in [0.2, 0.25) is 10.0 Å². The van der Waals surface area contributed by atoms with Gasteiger partial charge in [0.15, 0.2) is 11.5 Å². The van der Waals surface area contributed by atoms with Crippen LogP contribution in [0.3, 0.4) is 0 Å². The number of carbonyl (C=O) groups is 1. The normalized spacial score (nSPS) is 17.4. The molecule has 1 aromatic rings. The Hall–Kier alpha value is -1.71. The average Bonchev–Trinajstić information content (AvgIpc) is 2.51. The third kappa shape index (κ3) is 5.38. The summed E-state index contributed by atoms with van der Waals surface area (Å²) in [6.45, 7) is 1.09. The van der Waals surface area contributed by atoms with Gasteiger partial charge in [0, 0.05) is 24.7 Å². The molecule has 0 aliphatic carbocycles. The molecule has 1 fully saturated rings. The summed E-state index contributed by atoms with van der Waals surface area (Å²) in [7, 11) is -0.718. The van der Waals surface area contributed by atoms with E-state index in [1.165, 1.54) is 26.4 Å². The number of carbonyl (C=O) groups excluding carboxylic acids is 1. The third-order valence-electron chi connectivity index (χ3n) is 3.77. The van der Waals surface area contributed by atoms with E-state index in [0.29, 0.717) is 18.7 Å². The molecule has 1 unspecified atom stereocenters. The van der Waals surface area contributed by atoms with Gasteiger partial charge in [-0.3, -0.25) is 9.52 Å². The molecule has 10 heteroatoms. The van der Waals surface area contributed by atoms with Gasteiger partial charge in [-0.25, -0.2) is 8.42 Å². The zero-order valence-electron chi connectivity index (χ0n) is 14.4. The first kappa shape index (κ1) is 21.3. The molecule has 0 saturated carbocycles. The number of nitrogens with one attached hydrogen (secondary N) is 1. The number of benzene rings is 1. The van der Waals surface area contributed by atoms with Crippen LogP contribution >= 0.6 is 12.4 Å². The molecule has 1 amide bonds. The van der Waals surface area contributed by atoms with E-state index in [9.17, 15) is 13.2 Å². The second kappa shape index (κ2) is 8.59. The maximum Gasteiger partial charge on any atom is 0.254 e. The van der Waals surface area contributed by atoms with Crippen LogP contribution in [0, 0.1) is 0 Å². The Morgan fingerprint density at radius 3 is 2.52 bits per heavy atom. The number of ether oxygens (including phenoxy) is 2. The molecule has 0 radical (unpaired) electrons. The number of nitrogens with zero attached hydrogens (tertiary/aromatic N) is 1. The zero-order valence-corrected chi connectivity index (χ0v) is 16.1. The Labute approximate surface area is 154 Å². The molecule has 1 aliphatic rings. The van der Waals surface area contributed by atoms with E-state index < -0.39 is 10.0 Å². The van der Waals surface area contributed by atoms with Gasteiger partial charge in [-0.05, 0) is 25.0 Å². The van der Waals surface area contributed by atoms with E-state index in [-0.39, 0.29) is 41.5 Å². The Morgan fingerprint density at radius 1 is 1.32 bits per heavy atom. The largest absolute Gasteiger partial charge is 0.493 e. The predicted molar refractivity (Wildman–Crippen MR) is 98.4 cm³/mol. The maximum absolute atomic E-state index is 12.7. The van der Waals surface area contributed by atoms with Crippen molar-refractivity contribution in [1.29, 1.82) is 0 Å². The second-order valence-electron chi connectivity index (χ2n) is 5.79. The van der Waals surface area contributed by atoms with Crippen LogP contribution in [0.15, 0.2) is 12.1 Å². The lowest BCUT2D eigenvalue weighted by atomic mass is 10.0. The number of sulfonamides is 1. The molecule has 0 bridgehead atoms. The van der Waals surface area contributed by atoms with Gasteiger partial charge in [0.1, 0.15) is 0 Å². The lowest BCUT2D eigenvalue weighted by Crippen LogP contribution is -2.45. The molecule has 1 aromatic carbocycles. The highest BCUT2D eigenvalue weighted by Gasteiger charge is 2.25. The van der Waals surface area contributed by atoms with Crippen molar-refractivity contribution < 1.29 is 22.7 Å². The number of hydrogen-bond donors (Lipinski definition) is 2. The van der Waals surface area contributed by atoms with Crippen molar-refractivity contribution in [3.63, 3.8) is 0 Å². The summed E-state index contributed by atoms with van der Waals surface area (Å²) in [6, 6.07) is 2.94. The summed E-state index contributed by atoms with van der Waals surface area (Å²) in [5, 5.41) is 0. The highest BCUT2D eigenvalue weighted by atomic mass is 35.5. The Kier molecular flexibility index (Phi) is 7.33. The van der Waals surface area contributed by atoms with Crippen LogP contribution < -0.4 is 19.9 Å². The molecule has 25 heavy (non-hydrogen) atoms. The fraction of sp³-hybridized carbons (Fsp3) is 0.533. The van der Waals surface area contributed by atoms with E-state index in [0.717, 1.165) is 19.1 Å². The molecule has 1 aliphatic heterocycles. The minimum Gasteiger partial charge on any atom is -0.493 e. The van der Waals surface area contributed by atoms with Crippen LogP contribution in [-0.2, 0) is 10.0 Å². The van der Waals surface area contributed by atoms with Crippen molar-refractivity contribution in [2.24, 2.45) is 5.73 Å². The minimum absolute atomic E-state index is 0. The van der Waals surface area contributed by atoms with E-state index >= 15 is 0 Å². The van der Waals surface area contributed by atoms with Crippen LogP contribution in [0.4, 0.5) is 5.69 Å². The summed E-state index contributed by atoms with van der Waals surface area (Å²) in [4.78, 5) is 14.4. The first-order valence-electron chi connectivity index (χ1n) is 7.54. The van der Waals surface area contributed by atoms with Crippen molar-refractivity contribution in [3.05, 3.63) is 17.7 Å². The fourth-order valence-electron chi connectivity index (χ4n) is 2.74. The van der Waals surface area contributed by atoms with Gasteiger partial charge in [-0.15, -0.1) is 12.4 Å².